The van der Waals surface area contributed by atoms with Gasteiger partial charge in [-0.2, -0.15) is 0 Å². The summed E-state index contributed by atoms with van der Waals surface area (Å²) in [5, 5.41) is 1.59. The zero-order chi connectivity index (χ0) is 21.1. The van der Waals surface area contributed by atoms with Crippen LogP contribution in [0.1, 0.15) is 15.9 Å². The summed E-state index contributed by atoms with van der Waals surface area (Å²) in [5.41, 5.74) is 1.41. The van der Waals surface area contributed by atoms with Crippen LogP contribution < -0.4 is 19.5 Å². The maximum Gasteiger partial charge on any atom is 0.286 e. The van der Waals surface area contributed by atoms with Crippen LogP contribution in [0.3, 0.4) is 0 Å². The van der Waals surface area contributed by atoms with Crippen molar-refractivity contribution in [3.8, 4) is 17.2 Å². The average molecular weight is 428 g/mol. The van der Waals surface area contributed by atoms with E-state index in [0.29, 0.717) is 42.4 Å². The highest BCUT2D eigenvalue weighted by Crippen LogP contribution is 2.29. The van der Waals surface area contributed by atoms with Crippen LogP contribution in [0.4, 0.5) is 4.79 Å². The molecule has 2 aromatic rings. The molecule has 156 valence electrons. The lowest BCUT2D eigenvalue weighted by molar-refractivity contribution is -0.118. The monoisotopic (exact) mass is 428 g/mol. The first-order valence-electron chi connectivity index (χ1n) is 9.37. The third-order valence-corrected chi connectivity index (χ3v) is 5.80. The number of hydrogen-bond acceptors (Lipinski definition) is 7. The van der Waals surface area contributed by atoms with E-state index >= 15 is 0 Å². The number of nitrogens with zero attached hydrogens (tertiary/aromatic N) is 1. The van der Waals surface area contributed by atoms with E-state index in [-0.39, 0.29) is 23.8 Å². The van der Waals surface area contributed by atoms with Crippen molar-refractivity contribution in [1.82, 2.24) is 10.2 Å². The smallest absolute Gasteiger partial charge is 0.286 e. The van der Waals surface area contributed by atoms with Gasteiger partial charge in [-0.25, -0.2) is 0 Å². The summed E-state index contributed by atoms with van der Waals surface area (Å²) >= 11 is 1.01. The highest BCUT2D eigenvalue weighted by molar-refractivity contribution is 8.15. The number of thioether (sulfide) groups is 1. The SMILES string of the molecule is COc1ccc2c(c1)C(=O)N(CCOc1ccc(CC3SC(=O)NC3=O)cc1)CO2. The van der Waals surface area contributed by atoms with Crippen molar-refractivity contribution in [2.75, 3.05) is 27.0 Å². The number of methoxy groups -OCH3 is 1. The fourth-order valence-corrected chi connectivity index (χ4v) is 4.07. The molecule has 2 aromatic carbocycles. The number of ether oxygens (including phenoxy) is 3. The molecule has 2 aliphatic heterocycles. The number of imide groups is 1. The summed E-state index contributed by atoms with van der Waals surface area (Å²) in [7, 11) is 1.55. The number of carbonyl (C=O) groups excluding carboxylic acids is 3. The molecule has 1 unspecified atom stereocenters. The molecule has 0 bridgehead atoms. The second-order valence-corrected chi connectivity index (χ2v) is 7.96. The Labute approximate surface area is 177 Å². The van der Waals surface area contributed by atoms with E-state index < -0.39 is 5.25 Å². The number of carbonyl (C=O) groups is 3. The van der Waals surface area contributed by atoms with Gasteiger partial charge < -0.3 is 19.1 Å². The van der Waals surface area contributed by atoms with Gasteiger partial charge in [0.15, 0.2) is 6.73 Å². The lowest BCUT2D eigenvalue weighted by Crippen LogP contribution is -2.41. The first-order chi connectivity index (χ1) is 14.5. The quantitative estimate of drug-likeness (QED) is 0.724. The van der Waals surface area contributed by atoms with E-state index in [0.717, 1.165) is 17.3 Å². The first kappa shape index (κ1) is 20.1. The molecule has 0 radical (unpaired) electrons. The summed E-state index contributed by atoms with van der Waals surface area (Å²) in [4.78, 5) is 37.1. The van der Waals surface area contributed by atoms with Crippen molar-refractivity contribution in [2.24, 2.45) is 0 Å². The Morgan fingerprint density at radius 3 is 2.60 bits per heavy atom. The number of rotatable bonds is 7. The molecule has 30 heavy (non-hydrogen) atoms. The molecule has 1 atom stereocenters. The molecule has 0 aliphatic carbocycles. The highest BCUT2D eigenvalue weighted by atomic mass is 32.2. The third kappa shape index (κ3) is 4.35. The van der Waals surface area contributed by atoms with Gasteiger partial charge in [-0.05, 0) is 42.3 Å². The minimum Gasteiger partial charge on any atom is -0.497 e. The fourth-order valence-electron chi connectivity index (χ4n) is 3.21. The third-order valence-electron chi connectivity index (χ3n) is 4.82. The van der Waals surface area contributed by atoms with Crippen molar-refractivity contribution in [3.05, 3.63) is 53.6 Å². The van der Waals surface area contributed by atoms with Gasteiger partial charge in [0.1, 0.15) is 23.9 Å². The maximum atomic E-state index is 12.7. The molecule has 1 saturated heterocycles. The molecule has 2 heterocycles. The fraction of sp³-hybridized carbons (Fsp3) is 0.286. The molecule has 8 nitrogen and oxygen atoms in total. The zero-order valence-corrected chi connectivity index (χ0v) is 17.1. The van der Waals surface area contributed by atoms with Crippen LogP contribution in [-0.2, 0) is 11.2 Å². The van der Waals surface area contributed by atoms with Crippen molar-refractivity contribution >= 4 is 28.8 Å². The summed E-state index contributed by atoms with van der Waals surface area (Å²) in [6.45, 7) is 0.849. The number of nitrogens with one attached hydrogen (secondary N) is 1. The van der Waals surface area contributed by atoms with Crippen molar-refractivity contribution in [3.63, 3.8) is 0 Å². The standard InChI is InChI=1S/C21H20N2O6S/c1-27-15-6-7-17-16(11-15)20(25)23(12-29-17)8-9-28-14-4-2-13(3-5-14)10-18-19(24)22-21(26)30-18/h2-7,11,18H,8-10,12H2,1H3,(H,22,24,26). The Balaban J connectivity index is 1.28. The molecule has 1 N–H and O–H groups in total. The van der Waals surface area contributed by atoms with Crippen LogP contribution in [0.5, 0.6) is 17.2 Å². The Hall–Kier alpha value is -3.20. The molecule has 1 fully saturated rings. The predicted octanol–water partition coefficient (Wildman–Crippen LogP) is 2.46. The minimum atomic E-state index is -0.393. The van der Waals surface area contributed by atoms with E-state index in [9.17, 15) is 14.4 Å². The van der Waals surface area contributed by atoms with Crippen molar-refractivity contribution in [1.29, 1.82) is 0 Å². The van der Waals surface area contributed by atoms with Crippen LogP contribution in [0.25, 0.3) is 0 Å². The summed E-state index contributed by atoms with van der Waals surface area (Å²) < 4.78 is 16.6. The lowest BCUT2D eigenvalue weighted by Gasteiger charge is -2.28. The van der Waals surface area contributed by atoms with Gasteiger partial charge in [-0.15, -0.1) is 0 Å². The van der Waals surface area contributed by atoms with Crippen molar-refractivity contribution in [2.45, 2.75) is 11.7 Å². The normalized spacial score (nSPS) is 18.0. The highest BCUT2D eigenvalue weighted by Gasteiger charge is 2.31. The molecule has 0 saturated carbocycles. The average Bonchev–Trinajstić information content (AvgIpc) is 3.07. The van der Waals surface area contributed by atoms with Crippen LogP contribution >= 0.6 is 11.8 Å². The Morgan fingerprint density at radius 1 is 1.13 bits per heavy atom. The zero-order valence-electron chi connectivity index (χ0n) is 16.3. The molecule has 4 rings (SSSR count). The number of hydrogen-bond donors (Lipinski definition) is 1. The van der Waals surface area contributed by atoms with Gasteiger partial charge in [0.25, 0.3) is 11.1 Å². The molecule has 0 aromatic heterocycles. The summed E-state index contributed by atoms with van der Waals surface area (Å²) in [5.74, 6) is 1.42. The van der Waals surface area contributed by atoms with Crippen molar-refractivity contribution < 1.29 is 28.6 Å². The van der Waals surface area contributed by atoms with Gasteiger partial charge in [0, 0.05) is 0 Å². The second-order valence-electron chi connectivity index (χ2n) is 6.78. The summed E-state index contributed by atoms with van der Waals surface area (Å²) in [6, 6.07) is 12.5. The van der Waals surface area contributed by atoms with Gasteiger partial charge in [0.05, 0.1) is 24.5 Å². The molecule has 0 spiro atoms. The van der Waals surface area contributed by atoms with E-state index in [1.165, 1.54) is 0 Å². The lowest BCUT2D eigenvalue weighted by atomic mass is 10.1. The van der Waals surface area contributed by atoms with E-state index in [1.807, 2.05) is 24.3 Å². The molecule has 9 heteroatoms. The largest absolute Gasteiger partial charge is 0.497 e. The van der Waals surface area contributed by atoms with Gasteiger partial charge in [0.2, 0.25) is 5.91 Å². The van der Waals surface area contributed by atoms with Gasteiger partial charge >= 0.3 is 0 Å². The van der Waals surface area contributed by atoms with E-state index in [1.54, 1.807) is 30.2 Å². The molecule has 3 amide bonds. The Kier molecular flexibility index (Phi) is 5.80. The topological polar surface area (TPSA) is 94.2 Å². The summed E-state index contributed by atoms with van der Waals surface area (Å²) in [6.07, 6.45) is 0.477. The van der Waals surface area contributed by atoms with Gasteiger partial charge in [-0.1, -0.05) is 23.9 Å². The minimum absolute atomic E-state index is 0.129. The van der Waals surface area contributed by atoms with E-state index in [4.69, 9.17) is 14.2 Å². The Morgan fingerprint density at radius 2 is 1.90 bits per heavy atom. The second kappa shape index (κ2) is 8.66. The maximum absolute atomic E-state index is 12.7. The number of benzene rings is 2. The predicted molar refractivity (Wildman–Crippen MR) is 110 cm³/mol. The van der Waals surface area contributed by atoms with Crippen LogP contribution in [0.15, 0.2) is 42.5 Å². The number of fused-ring (bicyclic) bond motifs is 1. The Bertz CT molecular complexity index is 978. The van der Waals surface area contributed by atoms with Crippen LogP contribution in [0, 0.1) is 0 Å². The number of amides is 3. The van der Waals surface area contributed by atoms with E-state index in [2.05, 4.69) is 5.32 Å². The van der Waals surface area contributed by atoms with Crippen LogP contribution in [-0.4, -0.2) is 54.2 Å². The molecular formula is C21H20N2O6S. The first-order valence-corrected chi connectivity index (χ1v) is 10.2. The molecule has 2 aliphatic rings. The van der Waals surface area contributed by atoms with Gasteiger partial charge in [-0.3, -0.25) is 19.7 Å². The van der Waals surface area contributed by atoms with Crippen LogP contribution in [0.2, 0.25) is 0 Å². The molecular weight excluding hydrogens is 408 g/mol.